The molecule has 1 unspecified atom stereocenters. The van der Waals surface area contributed by atoms with Crippen LogP contribution in [0.3, 0.4) is 0 Å². The predicted octanol–water partition coefficient (Wildman–Crippen LogP) is 1.65. The first-order chi connectivity index (χ1) is 8.85. The molecule has 1 amide bonds. The summed E-state index contributed by atoms with van der Waals surface area (Å²) in [5.41, 5.74) is -0.137. The van der Waals surface area contributed by atoms with Gasteiger partial charge in [-0.15, -0.1) is 0 Å². The lowest BCUT2D eigenvalue weighted by molar-refractivity contribution is -0.385. The van der Waals surface area contributed by atoms with Gasteiger partial charge in [0.1, 0.15) is 6.04 Å². The predicted molar refractivity (Wildman–Crippen MR) is 69.7 cm³/mol. The van der Waals surface area contributed by atoms with Gasteiger partial charge in [-0.05, 0) is 13.0 Å². The molecule has 1 N–H and O–H groups in total. The zero-order valence-electron chi connectivity index (χ0n) is 10.2. The number of amides is 1. The van der Waals surface area contributed by atoms with Crippen LogP contribution in [0.1, 0.15) is 17.3 Å². The number of nitro groups is 1. The molecule has 7 nitrogen and oxygen atoms in total. The summed E-state index contributed by atoms with van der Waals surface area (Å²) < 4.78 is 4.86. The van der Waals surface area contributed by atoms with Crippen molar-refractivity contribution in [2.24, 2.45) is 0 Å². The van der Waals surface area contributed by atoms with E-state index in [0.29, 0.717) is 4.47 Å². The van der Waals surface area contributed by atoms with E-state index in [1.807, 2.05) is 0 Å². The summed E-state index contributed by atoms with van der Waals surface area (Å²) in [7, 11) is 1.20. The Morgan fingerprint density at radius 1 is 1.42 bits per heavy atom. The van der Waals surface area contributed by atoms with E-state index >= 15 is 0 Å². The summed E-state index contributed by atoms with van der Waals surface area (Å²) in [6, 6.07) is 2.99. The zero-order chi connectivity index (χ0) is 14.6. The van der Waals surface area contributed by atoms with Gasteiger partial charge in [0.15, 0.2) is 0 Å². The van der Waals surface area contributed by atoms with Gasteiger partial charge in [-0.25, -0.2) is 4.79 Å². The van der Waals surface area contributed by atoms with Gasteiger partial charge in [0.25, 0.3) is 11.6 Å². The molecule has 1 atom stereocenters. The number of rotatable bonds is 4. The molecule has 1 rings (SSSR count). The highest BCUT2D eigenvalue weighted by molar-refractivity contribution is 9.10. The molecule has 0 fully saturated rings. The van der Waals surface area contributed by atoms with E-state index in [1.54, 1.807) is 0 Å². The Morgan fingerprint density at radius 2 is 2.05 bits per heavy atom. The quantitative estimate of drug-likeness (QED) is 0.514. The molecule has 0 heterocycles. The van der Waals surface area contributed by atoms with Crippen LogP contribution in [0.2, 0.25) is 0 Å². The van der Waals surface area contributed by atoms with E-state index in [9.17, 15) is 19.7 Å². The van der Waals surface area contributed by atoms with Gasteiger partial charge in [0.05, 0.1) is 12.0 Å². The zero-order valence-corrected chi connectivity index (χ0v) is 11.8. The van der Waals surface area contributed by atoms with Crippen molar-refractivity contribution in [1.82, 2.24) is 5.32 Å². The van der Waals surface area contributed by atoms with Gasteiger partial charge in [-0.3, -0.25) is 14.9 Å². The summed E-state index contributed by atoms with van der Waals surface area (Å²) in [6.07, 6.45) is 0. The highest BCUT2D eigenvalue weighted by Crippen LogP contribution is 2.21. The van der Waals surface area contributed by atoms with Crippen LogP contribution in [0.15, 0.2) is 22.7 Å². The van der Waals surface area contributed by atoms with Crippen molar-refractivity contribution in [3.8, 4) is 0 Å². The van der Waals surface area contributed by atoms with Gasteiger partial charge in [0.2, 0.25) is 0 Å². The maximum atomic E-state index is 11.8. The molecule has 19 heavy (non-hydrogen) atoms. The number of non-ortho nitro benzene ring substituents is 1. The van der Waals surface area contributed by atoms with Gasteiger partial charge < -0.3 is 10.1 Å². The Balaban J connectivity index is 2.94. The third-order valence-corrected chi connectivity index (χ3v) is 2.72. The number of hydrogen-bond donors (Lipinski definition) is 1. The van der Waals surface area contributed by atoms with Crippen LogP contribution in [0.5, 0.6) is 0 Å². The molecule has 102 valence electrons. The highest BCUT2D eigenvalue weighted by atomic mass is 79.9. The number of nitrogens with one attached hydrogen (secondary N) is 1. The van der Waals surface area contributed by atoms with Crippen molar-refractivity contribution in [1.29, 1.82) is 0 Å². The van der Waals surface area contributed by atoms with Crippen LogP contribution >= 0.6 is 15.9 Å². The Hall–Kier alpha value is -1.96. The van der Waals surface area contributed by atoms with E-state index in [4.69, 9.17) is 0 Å². The number of nitrogens with zero attached hydrogens (tertiary/aromatic N) is 1. The Bertz CT molecular complexity index is 532. The van der Waals surface area contributed by atoms with Crippen LogP contribution in [-0.2, 0) is 9.53 Å². The van der Waals surface area contributed by atoms with Gasteiger partial charge in [-0.1, -0.05) is 15.9 Å². The Kier molecular flexibility index (Phi) is 4.99. The summed E-state index contributed by atoms with van der Waals surface area (Å²) >= 11 is 3.08. The van der Waals surface area contributed by atoms with Crippen LogP contribution in [0.25, 0.3) is 0 Å². The standard InChI is InChI=1S/C11H11BrN2O5/c1-6(11(16)19-2)13-10(15)7-3-8(12)5-9(4-7)14(17)18/h3-6H,1-2H3,(H,13,15). The summed E-state index contributed by atoms with van der Waals surface area (Å²) in [6.45, 7) is 1.45. The van der Waals surface area contributed by atoms with Crippen molar-refractivity contribution in [2.75, 3.05) is 7.11 Å². The Labute approximate surface area is 117 Å². The molecule has 1 aromatic carbocycles. The van der Waals surface area contributed by atoms with Crippen LogP contribution < -0.4 is 5.32 Å². The number of nitro benzene ring substituents is 1. The molecule has 1 aromatic rings. The lowest BCUT2D eigenvalue weighted by atomic mass is 10.2. The SMILES string of the molecule is COC(=O)C(C)NC(=O)c1cc(Br)cc([N+](=O)[O-])c1. The van der Waals surface area contributed by atoms with Gasteiger partial charge >= 0.3 is 5.97 Å². The molecule has 0 saturated heterocycles. The minimum absolute atomic E-state index is 0.0804. The van der Waals surface area contributed by atoms with E-state index in [2.05, 4.69) is 26.0 Å². The molecule has 0 aliphatic carbocycles. The maximum Gasteiger partial charge on any atom is 0.328 e. The average Bonchev–Trinajstić information content (AvgIpc) is 2.36. The topological polar surface area (TPSA) is 98.5 Å². The summed E-state index contributed by atoms with van der Waals surface area (Å²) in [5.74, 6) is -1.19. The Morgan fingerprint density at radius 3 is 2.58 bits per heavy atom. The highest BCUT2D eigenvalue weighted by Gasteiger charge is 2.19. The van der Waals surface area contributed by atoms with E-state index in [-0.39, 0.29) is 11.3 Å². The second-order valence-electron chi connectivity index (χ2n) is 3.67. The molecule has 0 radical (unpaired) electrons. The third-order valence-electron chi connectivity index (χ3n) is 2.26. The van der Waals surface area contributed by atoms with Crippen molar-refractivity contribution in [2.45, 2.75) is 13.0 Å². The molecule has 0 spiro atoms. The fraction of sp³-hybridized carbons (Fsp3) is 0.273. The molecule has 0 saturated carbocycles. The molecular weight excluding hydrogens is 320 g/mol. The number of carbonyl (C=O) groups excluding carboxylic acids is 2. The molecule has 0 aromatic heterocycles. The summed E-state index contributed by atoms with van der Waals surface area (Å²) in [5, 5.41) is 13.1. The normalized spacial score (nSPS) is 11.5. The van der Waals surface area contributed by atoms with Gasteiger partial charge in [-0.2, -0.15) is 0 Å². The summed E-state index contributed by atoms with van der Waals surface area (Å²) in [4.78, 5) is 33.1. The van der Waals surface area contributed by atoms with Crippen LogP contribution in [0.4, 0.5) is 5.69 Å². The number of halogens is 1. The molecular formula is C11H11BrN2O5. The number of methoxy groups -OCH3 is 1. The number of esters is 1. The van der Waals surface area contributed by atoms with E-state index in [1.165, 1.54) is 26.2 Å². The van der Waals surface area contributed by atoms with Crippen molar-refractivity contribution < 1.29 is 19.2 Å². The van der Waals surface area contributed by atoms with Gasteiger partial charge in [0, 0.05) is 22.2 Å². The first-order valence-electron chi connectivity index (χ1n) is 5.19. The number of ether oxygens (including phenoxy) is 1. The molecule has 0 aliphatic heterocycles. The minimum Gasteiger partial charge on any atom is -0.467 e. The fourth-order valence-corrected chi connectivity index (χ4v) is 1.81. The van der Waals surface area contributed by atoms with E-state index in [0.717, 1.165) is 6.07 Å². The maximum absolute atomic E-state index is 11.8. The average molecular weight is 331 g/mol. The monoisotopic (exact) mass is 330 g/mol. The van der Waals surface area contributed by atoms with E-state index < -0.39 is 22.8 Å². The lowest BCUT2D eigenvalue weighted by Crippen LogP contribution is -2.39. The molecule has 8 heteroatoms. The van der Waals surface area contributed by atoms with Crippen molar-refractivity contribution in [3.05, 3.63) is 38.3 Å². The second-order valence-corrected chi connectivity index (χ2v) is 4.59. The first-order valence-corrected chi connectivity index (χ1v) is 5.98. The smallest absolute Gasteiger partial charge is 0.328 e. The van der Waals surface area contributed by atoms with Crippen molar-refractivity contribution in [3.63, 3.8) is 0 Å². The largest absolute Gasteiger partial charge is 0.467 e. The fourth-order valence-electron chi connectivity index (χ4n) is 1.33. The van der Waals surface area contributed by atoms with Crippen LogP contribution in [0, 0.1) is 10.1 Å². The number of hydrogen-bond acceptors (Lipinski definition) is 5. The number of benzene rings is 1. The van der Waals surface area contributed by atoms with Crippen molar-refractivity contribution >= 4 is 33.5 Å². The second kappa shape index (κ2) is 6.28. The molecule has 0 aliphatic rings. The molecule has 0 bridgehead atoms. The first kappa shape index (κ1) is 15.1. The third kappa shape index (κ3) is 4.02. The van der Waals surface area contributed by atoms with Crippen LogP contribution in [-0.4, -0.2) is 30.0 Å². The minimum atomic E-state index is -0.837. The lowest BCUT2D eigenvalue weighted by Gasteiger charge is -2.11. The number of carbonyl (C=O) groups is 2.